The molecule has 1 fully saturated rings. The van der Waals surface area contributed by atoms with Crippen LogP contribution in [0.4, 0.5) is 10.3 Å². The Labute approximate surface area is 150 Å². The Morgan fingerprint density at radius 1 is 1.27 bits per heavy atom. The molecule has 1 aromatic heterocycles. The molecule has 0 unspecified atom stereocenters. The molecule has 7 nitrogen and oxygen atoms in total. The molecule has 136 valence electrons. The Balaban J connectivity index is 1.74. The minimum atomic E-state index is -1.07. The number of aryl methyl sites for hydroxylation is 1. The maximum Gasteiger partial charge on any atom is 0.328 e. The average Bonchev–Trinajstić information content (AvgIpc) is 2.64. The molecule has 26 heavy (non-hydrogen) atoms. The summed E-state index contributed by atoms with van der Waals surface area (Å²) in [5.41, 5.74) is 1.36. The van der Waals surface area contributed by atoms with E-state index < -0.39 is 12.0 Å². The third-order valence-electron chi connectivity index (χ3n) is 4.47. The van der Waals surface area contributed by atoms with Crippen molar-refractivity contribution in [3.8, 4) is 0 Å². The second kappa shape index (κ2) is 7.47. The van der Waals surface area contributed by atoms with Gasteiger partial charge in [-0.1, -0.05) is 6.07 Å². The maximum absolute atomic E-state index is 13.2. The number of aliphatic carboxylic acids is 1. The van der Waals surface area contributed by atoms with Crippen molar-refractivity contribution >= 4 is 17.8 Å². The quantitative estimate of drug-likeness (QED) is 0.886. The standard InChI is InChI=1S/C18H19FN4O3/c1-12-9-14(19)4-3-13(12)10-16(24)23-8-7-22(11-15(23)17(25)26)18-20-5-2-6-21-18/h2-6,9,15H,7-8,10-11H2,1H3,(H,25,26)/t15-/m0/s1. The molecule has 0 aliphatic carbocycles. The molecule has 1 atom stereocenters. The van der Waals surface area contributed by atoms with E-state index in [-0.39, 0.29) is 31.2 Å². The van der Waals surface area contributed by atoms with Crippen LogP contribution in [-0.4, -0.2) is 57.5 Å². The summed E-state index contributed by atoms with van der Waals surface area (Å²) in [4.78, 5) is 35.8. The molecule has 0 saturated carbocycles. The Morgan fingerprint density at radius 3 is 2.65 bits per heavy atom. The van der Waals surface area contributed by atoms with Crippen LogP contribution >= 0.6 is 0 Å². The van der Waals surface area contributed by atoms with E-state index in [2.05, 4.69) is 9.97 Å². The van der Waals surface area contributed by atoms with Gasteiger partial charge in [0.1, 0.15) is 11.9 Å². The summed E-state index contributed by atoms with van der Waals surface area (Å²) in [7, 11) is 0. The predicted octanol–water partition coefficient (Wildman–Crippen LogP) is 1.27. The number of anilines is 1. The third-order valence-corrected chi connectivity index (χ3v) is 4.47. The number of amides is 1. The summed E-state index contributed by atoms with van der Waals surface area (Å²) >= 11 is 0. The van der Waals surface area contributed by atoms with Gasteiger partial charge < -0.3 is 14.9 Å². The number of carboxylic acid groups (broad SMARTS) is 1. The van der Waals surface area contributed by atoms with E-state index in [0.717, 1.165) is 0 Å². The lowest BCUT2D eigenvalue weighted by Crippen LogP contribution is -2.59. The van der Waals surface area contributed by atoms with E-state index in [1.54, 1.807) is 36.4 Å². The SMILES string of the molecule is Cc1cc(F)ccc1CC(=O)N1CCN(c2ncccn2)C[C@H]1C(=O)O. The highest BCUT2D eigenvalue weighted by atomic mass is 19.1. The number of hydrogen-bond donors (Lipinski definition) is 1. The van der Waals surface area contributed by atoms with Gasteiger partial charge in [-0.3, -0.25) is 4.79 Å². The molecular weight excluding hydrogens is 339 g/mol. The van der Waals surface area contributed by atoms with Crippen molar-refractivity contribution in [2.75, 3.05) is 24.5 Å². The Hall–Kier alpha value is -3.03. The lowest BCUT2D eigenvalue weighted by Gasteiger charge is -2.39. The first-order valence-corrected chi connectivity index (χ1v) is 8.25. The van der Waals surface area contributed by atoms with Gasteiger partial charge in [0.05, 0.1) is 13.0 Å². The van der Waals surface area contributed by atoms with Crippen molar-refractivity contribution in [3.05, 3.63) is 53.6 Å². The molecular formula is C18H19FN4O3. The highest BCUT2D eigenvalue weighted by Crippen LogP contribution is 2.18. The molecule has 1 saturated heterocycles. The molecule has 1 amide bonds. The predicted molar refractivity (Wildman–Crippen MR) is 92.2 cm³/mol. The number of halogens is 1. The van der Waals surface area contributed by atoms with E-state index in [9.17, 15) is 19.1 Å². The highest BCUT2D eigenvalue weighted by molar-refractivity contribution is 5.86. The highest BCUT2D eigenvalue weighted by Gasteiger charge is 2.36. The zero-order valence-electron chi connectivity index (χ0n) is 14.3. The fourth-order valence-electron chi connectivity index (χ4n) is 3.05. The molecule has 3 rings (SSSR count). The summed E-state index contributed by atoms with van der Waals surface area (Å²) < 4.78 is 13.2. The molecule has 1 N–H and O–H groups in total. The van der Waals surface area contributed by atoms with Crippen LogP contribution < -0.4 is 4.90 Å². The van der Waals surface area contributed by atoms with Crippen LogP contribution in [0, 0.1) is 12.7 Å². The smallest absolute Gasteiger partial charge is 0.328 e. The van der Waals surface area contributed by atoms with Crippen molar-refractivity contribution in [1.29, 1.82) is 0 Å². The first-order chi connectivity index (χ1) is 12.5. The molecule has 0 radical (unpaired) electrons. The number of hydrogen-bond acceptors (Lipinski definition) is 5. The van der Waals surface area contributed by atoms with Gasteiger partial charge in [-0.25, -0.2) is 19.2 Å². The van der Waals surface area contributed by atoms with Crippen LogP contribution in [0.25, 0.3) is 0 Å². The fourth-order valence-corrected chi connectivity index (χ4v) is 3.05. The van der Waals surface area contributed by atoms with Crippen LogP contribution in [-0.2, 0) is 16.0 Å². The zero-order chi connectivity index (χ0) is 18.7. The third kappa shape index (κ3) is 3.79. The van der Waals surface area contributed by atoms with Crippen LogP contribution in [0.5, 0.6) is 0 Å². The second-order valence-electron chi connectivity index (χ2n) is 6.18. The first-order valence-electron chi connectivity index (χ1n) is 8.25. The van der Waals surface area contributed by atoms with Crippen molar-refractivity contribution in [3.63, 3.8) is 0 Å². The fraction of sp³-hybridized carbons (Fsp3) is 0.333. The summed E-state index contributed by atoms with van der Waals surface area (Å²) in [6.45, 7) is 2.55. The first kappa shape index (κ1) is 17.8. The van der Waals surface area contributed by atoms with Crippen molar-refractivity contribution in [2.24, 2.45) is 0 Å². The van der Waals surface area contributed by atoms with Crippen LogP contribution in [0.3, 0.4) is 0 Å². The molecule has 0 bridgehead atoms. The van der Waals surface area contributed by atoms with Gasteiger partial charge in [-0.15, -0.1) is 0 Å². The Morgan fingerprint density at radius 2 is 2.00 bits per heavy atom. The van der Waals surface area contributed by atoms with Gasteiger partial charge in [-0.05, 0) is 36.2 Å². The lowest BCUT2D eigenvalue weighted by molar-refractivity contribution is -0.150. The average molecular weight is 358 g/mol. The zero-order valence-corrected chi connectivity index (χ0v) is 14.3. The van der Waals surface area contributed by atoms with E-state index in [1.807, 2.05) is 0 Å². The number of aromatic nitrogens is 2. The number of carbonyl (C=O) groups is 2. The van der Waals surface area contributed by atoms with E-state index in [0.29, 0.717) is 23.6 Å². The van der Waals surface area contributed by atoms with Gasteiger partial charge >= 0.3 is 5.97 Å². The normalized spacial score (nSPS) is 17.2. The number of piperazine rings is 1. The van der Waals surface area contributed by atoms with Gasteiger partial charge in [0, 0.05) is 25.5 Å². The Bertz CT molecular complexity index is 815. The number of carboxylic acids is 1. The summed E-state index contributed by atoms with van der Waals surface area (Å²) in [5, 5.41) is 9.57. The van der Waals surface area contributed by atoms with Crippen LogP contribution in [0.15, 0.2) is 36.7 Å². The molecule has 8 heteroatoms. The number of carbonyl (C=O) groups excluding carboxylic acids is 1. The van der Waals surface area contributed by atoms with E-state index in [4.69, 9.17) is 0 Å². The number of benzene rings is 1. The summed E-state index contributed by atoms with van der Waals surface area (Å²) in [5.74, 6) is -1.28. The second-order valence-corrected chi connectivity index (χ2v) is 6.18. The largest absolute Gasteiger partial charge is 0.480 e. The van der Waals surface area contributed by atoms with Crippen LogP contribution in [0.1, 0.15) is 11.1 Å². The Kier molecular flexibility index (Phi) is 5.11. The van der Waals surface area contributed by atoms with Crippen molar-refractivity contribution < 1.29 is 19.1 Å². The minimum Gasteiger partial charge on any atom is -0.480 e. The minimum absolute atomic E-state index is 0.0394. The van der Waals surface area contributed by atoms with Gasteiger partial charge in [0.15, 0.2) is 0 Å². The topological polar surface area (TPSA) is 86.6 Å². The molecule has 0 spiro atoms. The monoisotopic (exact) mass is 358 g/mol. The lowest BCUT2D eigenvalue weighted by atomic mass is 10.0. The number of rotatable bonds is 4. The summed E-state index contributed by atoms with van der Waals surface area (Å²) in [6.07, 6.45) is 3.22. The molecule has 1 aliphatic heterocycles. The summed E-state index contributed by atoms with van der Waals surface area (Å²) in [6, 6.07) is 4.92. The van der Waals surface area contributed by atoms with Crippen molar-refractivity contribution in [2.45, 2.75) is 19.4 Å². The van der Waals surface area contributed by atoms with E-state index in [1.165, 1.54) is 17.0 Å². The number of nitrogens with zero attached hydrogens (tertiary/aromatic N) is 4. The molecule has 1 aromatic carbocycles. The molecule has 1 aliphatic rings. The van der Waals surface area contributed by atoms with Gasteiger partial charge in [-0.2, -0.15) is 0 Å². The maximum atomic E-state index is 13.2. The van der Waals surface area contributed by atoms with E-state index >= 15 is 0 Å². The molecule has 2 heterocycles. The van der Waals surface area contributed by atoms with Crippen LogP contribution in [0.2, 0.25) is 0 Å². The van der Waals surface area contributed by atoms with Crippen molar-refractivity contribution in [1.82, 2.24) is 14.9 Å². The van der Waals surface area contributed by atoms with Gasteiger partial charge in [0.2, 0.25) is 11.9 Å². The van der Waals surface area contributed by atoms with Gasteiger partial charge in [0.25, 0.3) is 0 Å². The molecule has 2 aromatic rings.